The molecule has 1 saturated heterocycles. The Morgan fingerprint density at radius 1 is 0.667 bits per heavy atom. The standard InChI is InChI=1S/C24H37NO8/c1-23(2,3)32-21(28)12-10-19(26)30-16-18(25-14-8-7-9-15-25)17-31-20(27)11-13-22(29)33-24(4,5)6/h10-13,18H,7-9,14-17H2,1-6H3/b12-10+,13-11+. The van der Waals surface area contributed by atoms with Crippen molar-refractivity contribution in [3.05, 3.63) is 24.3 Å². The number of hydrogen-bond donors (Lipinski definition) is 0. The van der Waals surface area contributed by atoms with E-state index in [4.69, 9.17) is 18.9 Å². The second kappa shape index (κ2) is 13.1. The van der Waals surface area contributed by atoms with Gasteiger partial charge in [-0.3, -0.25) is 4.90 Å². The van der Waals surface area contributed by atoms with Crippen LogP contribution in [0.25, 0.3) is 0 Å². The van der Waals surface area contributed by atoms with Crippen molar-refractivity contribution in [1.82, 2.24) is 4.90 Å². The zero-order chi connectivity index (χ0) is 25.1. The third-order valence-corrected chi connectivity index (χ3v) is 4.27. The molecule has 0 unspecified atom stereocenters. The van der Waals surface area contributed by atoms with Crippen LogP contribution in [0.15, 0.2) is 24.3 Å². The molecule has 0 aliphatic carbocycles. The SMILES string of the molecule is CC(C)(C)OC(=O)/C=C/C(=O)OCC(COC(=O)/C=C/C(=O)OC(C)(C)C)N1CCCCC1. The third-order valence-electron chi connectivity index (χ3n) is 4.27. The number of rotatable bonds is 9. The summed E-state index contributed by atoms with van der Waals surface area (Å²) in [5.41, 5.74) is -1.32. The molecule has 0 atom stereocenters. The largest absolute Gasteiger partial charge is 0.461 e. The molecule has 0 aromatic carbocycles. The molecule has 0 spiro atoms. The quantitative estimate of drug-likeness (QED) is 0.287. The summed E-state index contributed by atoms with van der Waals surface area (Å²) >= 11 is 0. The lowest BCUT2D eigenvalue weighted by Crippen LogP contribution is -2.45. The Hall–Kier alpha value is -2.68. The molecule has 1 rings (SSSR count). The minimum absolute atomic E-state index is 0.0133. The summed E-state index contributed by atoms with van der Waals surface area (Å²) in [4.78, 5) is 49.5. The molecule has 0 amide bonds. The molecule has 9 nitrogen and oxygen atoms in total. The van der Waals surface area contributed by atoms with Crippen LogP contribution in [0.3, 0.4) is 0 Å². The van der Waals surface area contributed by atoms with Gasteiger partial charge >= 0.3 is 23.9 Å². The monoisotopic (exact) mass is 467 g/mol. The van der Waals surface area contributed by atoms with Gasteiger partial charge in [-0.15, -0.1) is 0 Å². The molecule has 186 valence electrons. The summed E-state index contributed by atoms with van der Waals surface area (Å²) in [5.74, 6) is -2.67. The van der Waals surface area contributed by atoms with Crippen LogP contribution in [-0.4, -0.2) is 72.3 Å². The van der Waals surface area contributed by atoms with Crippen LogP contribution in [0.2, 0.25) is 0 Å². The number of carbonyl (C=O) groups is 4. The minimum Gasteiger partial charge on any atom is -0.461 e. The Bertz CT molecular complexity index is 683. The van der Waals surface area contributed by atoms with Gasteiger partial charge < -0.3 is 18.9 Å². The number of carbonyl (C=O) groups excluding carboxylic acids is 4. The van der Waals surface area contributed by atoms with Gasteiger partial charge in [-0.1, -0.05) is 6.42 Å². The Morgan fingerprint density at radius 2 is 1.03 bits per heavy atom. The maximum Gasteiger partial charge on any atom is 0.331 e. The second-order valence-electron chi connectivity index (χ2n) is 9.74. The van der Waals surface area contributed by atoms with Gasteiger partial charge in [0.15, 0.2) is 0 Å². The van der Waals surface area contributed by atoms with Crippen LogP contribution in [-0.2, 0) is 38.1 Å². The summed E-state index contributed by atoms with van der Waals surface area (Å²) < 4.78 is 20.7. The number of piperidine rings is 1. The lowest BCUT2D eigenvalue weighted by Gasteiger charge is -2.33. The molecule has 1 heterocycles. The second-order valence-corrected chi connectivity index (χ2v) is 9.74. The summed E-state index contributed by atoms with van der Waals surface area (Å²) in [6.07, 6.45) is 7.16. The molecule has 33 heavy (non-hydrogen) atoms. The normalized spacial score (nSPS) is 15.6. The molecule has 0 saturated carbocycles. The van der Waals surface area contributed by atoms with Crippen molar-refractivity contribution in [2.24, 2.45) is 0 Å². The number of esters is 4. The lowest BCUT2D eigenvalue weighted by molar-refractivity contribution is -0.150. The molecular weight excluding hydrogens is 430 g/mol. The smallest absolute Gasteiger partial charge is 0.331 e. The van der Waals surface area contributed by atoms with Gasteiger partial charge in [0.25, 0.3) is 0 Å². The Kier molecular flexibility index (Phi) is 11.3. The topological polar surface area (TPSA) is 108 Å². The van der Waals surface area contributed by atoms with Crippen molar-refractivity contribution >= 4 is 23.9 Å². The van der Waals surface area contributed by atoms with Crippen molar-refractivity contribution in [2.45, 2.75) is 78.0 Å². The van der Waals surface area contributed by atoms with E-state index in [-0.39, 0.29) is 19.3 Å². The highest BCUT2D eigenvalue weighted by Crippen LogP contribution is 2.14. The Morgan fingerprint density at radius 3 is 1.39 bits per heavy atom. The Labute approximate surface area is 196 Å². The molecule has 1 aliphatic heterocycles. The van der Waals surface area contributed by atoms with Crippen molar-refractivity contribution < 1.29 is 38.1 Å². The molecule has 1 fully saturated rings. The van der Waals surface area contributed by atoms with E-state index in [0.717, 1.165) is 56.7 Å². The van der Waals surface area contributed by atoms with Crippen molar-refractivity contribution in [1.29, 1.82) is 0 Å². The van der Waals surface area contributed by atoms with E-state index < -0.39 is 35.1 Å². The molecule has 0 aromatic heterocycles. The molecule has 9 heteroatoms. The number of hydrogen-bond acceptors (Lipinski definition) is 9. The number of ether oxygens (including phenoxy) is 4. The first-order valence-corrected chi connectivity index (χ1v) is 11.1. The highest BCUT2D eigenvalue weighted by Gasteiger charge is 2.24. The van der Waals surface area contributed by atoms with Crippen molar-refractivity contribution in [3.8, 4) is 0 Å². The van der Waals surface area contributed by atoms with Gasteiger partial charge in [0, 0.05) is 24.3 Å². The summed E-state index contributed by atoms with van der Waals surface area (Å²) in [5, 5.41) is 0. The predicted molar refractivity (Wildman–Crippen MR) is 121 cm³/mol. The average Bonchev–Trinajstić information content (AvgIpc) is 2.69. The highest BCUT2D eigenvalue weighted by atomic mass is 16.6. The zero-order valence-electron chi connectivity index (χ0n) is 20.5. The van der Waals surface area contributed by atoms with Crippen LogP contribution >= 0.6 is 0 Å². The molecule has 0 bridgehead atoms. The molecule has 0 N–H and O–H groups in total. The fourth-order valence-corrected chi connectivity index (χ4v) is 2.94. The van der Waals surface area contributed by atoms with Crippen LogP contribution in [0.4, 0.5) is 0 Å². The van der Waals surface area contributed by atoms with Crippen LogP contribution in [0.1, 0.15) is 60.8 Å². The van der Waals surface area contributed by atoms with Gasteiger partial charge in [0.2, 0.25) is 0 Å². The average molecular weight is 468 g/mol. The first kappa shape index (κ1) is 28.4. The fourth-order valence-electron chi connectivity index (χ4n) is 2.94. The predicted octanol–water partition coefficient (Wildman–Crippen LogP) is 2.72. The minimum atomic E-state index is -0.695. The van der Waals surface area contributed by atoms with Crippen LogP contribution < -0.4 is 0 Å². The summed E-state index contributed by atoms with van der Waals surface area (Å²) in [7, 11) is 0. The van der Waals surface area contributed by atoms with Crippen LogP contribution in [0, 0.1) is 0 Å². The van der Waals surface area contributed by atoms with Crippen molar-refractivity contribution in [2.75, 3.05) is 26.3 Å². The maximum atomic E-state index is 12.0. The van der Waals surface area contributed by atoms with Gasteiger partial charge in [0.1, 0.15) is 24.4 Å². The first-order chi connectivity index (χ1) is 15.2. The van der Waals surface area contributed by atoms with Gasteiger partial charge in [-0.05, 0) is 67.5 Å². The first-order valence-electron chi connectivity index (χ1n) is 11.1. The summed E-state index contributed by atoms with van der Waals surface area (Å²) in [6, 6.07) is -0.344. The van der Waals surface area contributed by atoms with E-state index in [0.29, 0.717) is 0 Å². The van der Waals surface area contributed by atoms with E-state index in [2.05, 4.69) is 4.90 Å². The van der Waals surface area contributed by atoms with E-state index in [9.17, 15) is 19.2 Å². The molecular formula is C24H37NO8. The van der Waals surface area contributed by atoms with E-state index in [1.165, 1.54) is 0 Å². The number of likely N-dealkylation sites (tertiary alicyclic amines) is 1. The number of nitrogens with zero attached hydrogens (tertiary/aromatic N) is 1. The van der Waals surface area contributed by atoms with Gasteiger partial charge in [-0.25, -0.2) is 19.2 Å². The third kappa shape index (κ3) is 14.2. The Balaban J connectivity index is 2.60. The van der Waals surface area contributed by atoms with E-state index in [1.807, 2.05) is 0 Å². The van der Waals surface area contributed by atoms with Crippen molar-refractivity contribution in [3.63, 3.8) is 0 Å². The fraction of sp³-hybridized carbons (Fsp3) is 0.667. The molecule has 0 aromatic rings. The lowest BCUT2D eigenvalue weighted by atomic mass is 10.1. The van der Waals surface area contributed by atoms with E-state index >= 15 is 0 Å². The van der Waals surface area contributed by atoms with Gasteiger partial charge in [-0.2, -0.15) is 0 Å². The maximum absolute atomic E-state index is 12.0. The van der Waals surface area contributed by atoms with E-state index in [1.54, 1.807) is 41.5 Å². The molecule has 1 aliphatic rings. The highest BCUT2D eigenvalue weighted by molar-refractivity contribution is 5.92. The zero-order valence-corrected chi connectivity index (χ0v) is 20.5. The molecule has 0 radical (unpaired) electrons. The van der Waals surface area contributed by atoms with Crippen LogP contribution in [0.5, 0.6) is 0 Å². The van der Waals surface area contributed by atoms with Gasteiger partial charge in [0.05, 0.1) is 6.04 Å². The summed E-state index contributed by atoms with van der Waals surface area (Å²) in [6.45, 7) is 11.9.